The summed E-state index contributed by atoms with van der Waals surface area (Å²) in [6, 6.07) is 0. The second-order valence-corrected chi connectivity index (χ2v) is 7.09. The molecule has 1 fully saturated rings. The maximum absolute atomic E-state index is 4.70. The Morgan fingerprint density at radius 3 is 2.56 bits per heavy atom. The van der Waals surface area contributed by atoms with Gasteiger partial charge in [-0.1, -0.05) is 20.8 Å². The quantitative estimate of drug-likeness (QED) is 0.872. The number of rotatable bonds is 3. The van der Waals surface area contributed by atoms with E-state index in [1.807, 2.05) is 0 Å². The van der Waals surface area contributed by atoms with E-state index in [0.29, 0.717) is 5.54 Å². The van der Waals surface area contributed by atoms with Gasteiger partial charge in [-0.25, -0.2) is 4.98 Å². The van der Waals surface area contributed by atoms with Gasteiger partial charge in [0.25, 0.3) is 0 Å². The van der Waals surface area contributed by atoms with E-state index < -0.39 is 0 Å². The van der Waals surface area contributed by atoms with E-state index in [2.05, 4.69) is 38.4 Å². The molecule has 2 nitrogen and oxygen atoms in total. The molecule has 1 aromatic heterocycles. The summed E-state index contributed by atoms with van der Waals surface area (Å²) < 4.78 is 0. The van der Waals surface area contributed by atoms with E-state index in [0.717, 1.165) is 6.54 Å². The lowest BCUT2D eigenvalue weighted by molar-refractivity contribution is 0.206. The Hall–Kier alpha value is -0.410. The van der Waals surface area contributed by atoms with Crippen molar-refractivity contribution in [2.75, 3.05) is 0 Å². The summed E-state index contributed by atoms with van der Waals surface area (Å²) in [5.41, 5.74) is 1.77. The van der Waals surface area contributed by atoms with Gasteiger partial charge in [0.1, 0.15) is 5.01 Å². The van der Waals surface area contributed by atoms with Crippen LogP contribution in [-0.4, -0.2) is 10.5 Å². The zero-order valence-corrected chi connectivity index (χ0v) is 11.6. The lowest BCUT2D eigenvalue weighted by Crippen LogP contribution is -2.47. The molecule has 0 aromatic carbocycles. The van der Waals surface area contributed by atoms with Gasteiger partial charge in [-0.05, 0) is 26.2 Å². The minimum atomic E-state index is 0.176. The Morgan fingerprint density at radius 2 is 2.12 bits per heavy atom. The highest BCUT2D eigenvalue weighted by atomic mass is 32.1. The minimum Gasteiger partial charge on any atom is -0.305 e. The predicted molar refractivity (Wildman–Crippen MR) is 69.9 cm³/mol. The zero-order valence-electron chi connectivity index (χ0n) is 10.8. The monoisotopic (exact) mass is 238 g/mol. The average Bonchev–Trinajstić information content (AvgIpc) is 2.59. The molecular weight excluding hydrogens is 216 g/mol. The van der Waals surface area contributed by atoms with Crippen molar-refractivity contribution in [1.29, 1.82) is 0 Å². The third kappa shape index (κ3) is 2.64. The van der Waals surface area contributed by atoms with Crippen LogP contribution in [0.4, 0.5) is 0 Å². The maximum Gasteiger partial charge on any atom is 0.107 e. The highest BCUT2D eigenvalue weighted by Gasteiger charge is 2.31. The van der Waals surface area contributed by atoms with Gasteiger partial charge in [-0.15, -0.1) is 11.3 Å². The molecule has 0 radical (unpaired) electrons. The molecule has 0 amide bonds. The van der Waals surface area contributed by atoms with E-state index in [-0.39, 0.29) is 5.41 Å². The topological polar surface area (TPSA) is 24.9 Å². The summed E-state index contributed by atoms with van der Waals surface area (Å²) in [4.78, 5) is 4.70. The first kappa shape index (κ1) is 12.1. The van der Waals surface area contributed by atoms with E-state index in [1.165, 1.54) is 30.0 Å². The molecule has 1 aliphatic carbocycles. The Balaban J connectivity index is 1.93. The van der Waals surface area contributed by atoms with Crippen LogP contribution in [0.2, 0.25) is 0 Å². The fraction of sp³-hybridized carbons (Fsp3) is 0.769. The second-order valence-electron chi connectivity index (χ2n) is 6.14. The molecule has 0 aliphatic heterocycles. The molecule has 0 spiro atoms. The molecule has 90 valence electrons. The summed E-state index contributed by atoms with van der Waals surface area (Å²) in [5.74, 6) is 0. The first-order valence-corrected chi connectivity index (χ1v) is 6.97. The Morgan fingerprint density at radius 1 is 1.44 bits per heavy atom. The summed E-state index contributed by atoms with van der Waals surface area (Å²) >= 11 is 1.78. The number of thiazole rings is 1. The van der Waals surface area contributed by atoms with Gasteiger partial charge in [0.2, 0.25) is 0 Å². The third-order valence-electron chi connectivity index (χ3n) is 3.44. The minimum absolute atomic E-state index is 0.176. The van der Waals surface area contributed by atoms with Crippen LogP contribution in [0.25, 0.3) is 0 Å². The van der Waals surface area contributed by atoms with Gasteiger partial charge < -0.3 is 5.32 Å². The molecule has 2 rings (SSSR count). The normalized spacial score (nSPS) is 19.5. The Bertz CT molecular complexity index is 358. The molecule has 0 atom stereocenters. The van der Waals surface area contributed by atoms with Gasteiger partial charge in [-0.3, -0.25) is 0 Å². The van der Waals surface area contributed by atoms with Crippen LogP contribution >= 0.6 is 11.3 Å². The molecular formula is C13H22N2S. The van der Waals surface area contributed by atoms with E-state index in [4.69, 9.17) is 4.98 Å². The first-order valence-electron chi connectivity index (χ1n) is 6.09. The predicted octanol–water partition coefficient (Wildman–Crippen LogP) is 3.47. The number of aromatic nitrogens is 1. The first-order chi connectivity index (χ1) is 7.39. The maximum atomic E-state index is 4.70. The molecule has 1 heterocycles. The number of nitrogens with zero attached hydrogens (tertiary/aromatic N) is 1. The van der Waals surface area contributed by atoms with Crippen LogP contribution in [0.5, 0.6) is 0 Å². The van der Waals surface area contributed by atoms with Gasteiger partial charge >= 0.3 is 0 Å². The van der Waals surface area contributed by atoms with Gasteiger partial charge in [0.15, 0.2) is 0 Å². The molecule has 1 aliphatic rings. The van der Waals surface area contributed by atoms with Crippen molar-refractivity contribution in [2.45, 2.75) is 64.5 Å². The van der Waals surface area contributed by atoms with Crippen molar-refractivity contribution in [2.24, 2.45) is 0 Å². The van der Waals surface area contributed by atoms with E-state index in [9.17, 15) is 0 Å². The third-order valence-corrected chi connectivity index (χ3v) is 4.29. The van der Waals surface area contributed by atoms with Gasteiger partial charge in [0, 0.05) is 22.9 Å². The van der Waals surface area contributed by atoms with Gasteiger partial charge in [0.05, 0.1) is 5.69 Å². The smallest absolute Gasteiger partial charge is 0.107 e. The standard InChI is InChI=1S/C13H22N2S/c1-12(2,3)10-9-16-11(15-10)8-14-13(4)6-5-7-13/h9,14H,5-8H2,1-4H3. The van der Waals surface area contributed by atoms with Crippen LogP contribution < -0.4 is 5.32 Å². The molecule has 16 heavy (non-hydrogen) atoms. The van der Waals surface area contributed by atoms with Crippen LogP contribution in [-0.2, 0) is 12.0 Å². The van der Waals surface area contributed by atoms with Crippen LogP contribution in [0, 0.1) is 0 Å². The number of hydrogen-bond acceptors (Lipinski definition) is 3. The summed E-state index contributed by atoms with van der Waals surface area (Å²) in [6.45, 7) is 9.89. The lowest BCUT2D eigenvalue weighted by atomic mass is 9.78. The van der Waals surface area contributed by atoms with E-state index >= 15 is 0 Å². The SMILES string of the molecule is CC1(NCc2nc(C(C)(C)C)cs2)CCC1. The summed E-state index contributed by atoms with van der Waals surface area (Å²) in [5, 5.41) is 7.04. The molecule has 0 unspecified atom stereocenters. The van der Waals surface area contributed by atoms with Crippen molar-refractivity contribution in [3.05, 3.63) is 16.1 Å². The number of hydrogen-bond donors (Lipinski definition) is 1. The largest absolute Gasteiger partial charge is 0.305 e. The lowest BCUT2D eigenvalue weighted by Gasteiger charge is -2.39. The Kier molecular flexibility index (Phi) is 3.10. The molecule has 0 bridgehead atoms. The highest BCUT2D eigenvalue weighted by Crippen LogP contribution is 2.31. The fourth-order valence-electron chi connectivity index (χ4n) is 1.91. The van der Waals surface area contributed by atoms with Crippen molar-refractivity contribution in [3.63, 3.8) is 0 Å². The molecule has 1 aromatic rings. The Labute approximate surface area is 102 Å². The number of nitrogens with one attached hydrogen (secondary N) is 1. The van der Waals surface area contributed by atoms with Crippen molar-refractivity contribution in [3.8, 4) is 0 Å². The molecule has 1 saturated carbocycles. The molecule has 3 heteroatoms. The molecule has 0 saturated heterocycles. The summed E-state index contributed by atoms with van der Waals surface area (Å²) in [6.07, 6.45) is 3.99. The van der Waals surface area contributed by atoms with Crippen LogP contribution in [0.1, 0.15) is 57.7 Å². The van der Waals surface area contributed by atoms with Gasteiger partial charge in [-0.2, -0.15) is 0 Å². The summed E-state index contributed by atoms with van der Waals surface area (Å²) in [7, 11) is 0. The van der Waals surface area contributed by atoms with Crippen molar-refractivity contribution in [1.82, 2.24) is 10.3 Å². The van der Waals surface area contributed by atoms with Crippen molar-refractivity contribution >= 4 is 11.3 Å². The van der Waals surface area contributed by atoms with Crippen LogP contribution in [0.15, 0.2) is 5.38 Å². The van der Waals surface area contributed by atoms with Crippen molar-refractivity contribution < 1.29 is 0 Å². The highest BCUT2D eigenvalue weighted by molar-refractivity contribution is 7.09. The fourth-order valence-corrected chi connectivity index (χ4v) is 2.87. The second kappa shape index (κ2) is 4.11. The van der Waals surface area contributed by atoms with Crippen LogP contribution in [0.3, 0.4) is 0 Å². The van der Waals surface area contributed by atoms with E-state index in [1.54, 1.807) is 11.3 Å². The average molecular weight is 238 g/mol. The molecule has 1 N–H and O–H groups in total. The zero-order chi connectivity index (χ0) is 11.8.